The van der Waals surface area contributed by atoms with Crippen molar-refractivity contribution in [1.29, 1.82) is 0 Å². The standard InChI is InChI=1S/C9H12N2O4S2/c1-11(6-3-2-4-6)17(14,15)9-7(8(12)13)10-5-16-9/h5-6H,2-4H2,1H3,(H,12,13). The molecule has 0 aromatic carbocycles. The van der Waals surface area contributed by atoms with Crippen LogP contribution in [0.15, 0.2) is 9.72 Å². The van der Waals surface area contributed by atoms with Crippen molar-refractivity contribution in [3.63, 3.8) is 0 Å². The van der Waals surface area contributed by atoms with Crippen molar-refractivity contribution < 1.29 is 18.3 Å². The Balaban J connectivity index is 2.37. The van der Waals surface area contributed by atoms with Crippen LogP contribution < -0.4 is 0 Å². The van der Waals surface area contributed by atoms with Crippen molar-refractivity contribution in [2.75, 3.05) is 7.05 Å². The Morgan fingerprint density at radius 2 is 2.24 bits per heavy atom. The van der Waals surface area contributed by atoms with Crippen LogP contribution in [0.2, 0.25) is 0 Å². The minimum Gasteiger partial charge on any atom is -0.476 e. The zero-order valence-corrected chi connectivity index (χ0v) is 10.8. The summed E-state index contributed by atoms with van der Waals surface area (Å²) in [6, 6.07) is -0.0104. The molecule has 1 fully saturated rings. The Morgan fingerprint density at radius 3 is 2.71 bits per heavy atom. The fourth-order valence-corrected chi connectivity index (χ4v) is 4.36. The van der Waals surface area contributed by atoms with Gasteiger partial charge in [0, 0.05) is 13.1 Å². The summed E-state index contributed by atoms with van der Waals surface area (Å²) in [6.07, 6.45) is 2.67. The first-order chi connectivity index (χ1) is 7.94. The first-order valence-corrected chi connectivity index (χ1v) is 7.41. The molecule has 0 atom stereocenters. The predicted octanol–water partition coefficient (Wildman–Crippen LogP) is 1.01. The van der Waals surface area contributed by atoms with Crippen LogP contribution in [0.25, 0.3) is 0 Å². The van der Waals surface area contributed by atoms with E-state index in [-0.39, 0.29) is 15.9 Å². The summed E-state index contributed by atoms with van der Waals surface area (Å²) in [7, 11) is -2.23. The summed E-state index contributed by atoms with van der Waals surface area (Å²) < 4.78 is 25.5. The second kappa shape index (κ2) is 4.35. The highest BCUT2D eigenvalue weighted by molar-refractivity contribution is 7.91. The monoisotopic (exact) mass is 276 g/mol. The van der Waals surface area contributed by atoms with E-state index in [2.05, 4.69) is 4.98 Å². The van der Waals surface area contributed by atoms with Crippen molar-refractivity contribution in [2.45, 2.75) is 29.5 Å². The lowest BCUT2D eigenvalue weighted by molar-refractivity contribution is 0.0687. The molecule has 8 heteroatoms. The maximum Gasteiger partial charge on any atom is 0.356 e. The molecule has 94 valence electrons. The summed E-state index contributed by atoms with van der Waals surface area (Å²) in [5.74, 6) is -1.31. The number of carbonyl (C=O) groups is 1. The Bertz CT molecular complexity index is 533. The number of hydrogen-bond donors (Lipinski definition) is 1. The van der Waals surface area contributed by atoms with E-state index in [1.807, 2.05) is 0 Å². The molecule has 1 saturated carbocycles. The Kier molecular flexibility index (Phi) is 3.19. The number of aromatic nitrogens is 1. The van der Waals surface area contributed by atoms with Gasteiger partial charge in [-0.1, -0.05) is 6.42 Å². The van der Waals surface area contributed by atoms with Gasteiger partial charge >= 0.3 is 5.97 Å². The van der Waals surface area contributed by atoms with Gasteiger partial charge in [-0.15, -0.1) is 11.3 Å². The summed E-state index contributed by atoms with van der Waals surface area (Å²) in [5, 5.41) is 8.87. The molecule has 2 rings (SSSR count). The molecule has 0 saturated heterocycles. The third kappa shape index (κ3) is 2.07. The maximum atomic E-state index is 12.2. The number of sulfonamides is 1. The lowest BCUT2D eigenvalue weighted by atomic mass is 9.94. The molecule has 1 N–H and O–H groups in total. The number of carboxylic acid groups (broad SMARTS) is 1. The van der Waals surface area contributed by atoms with Crippen LogP contribution in [0.3, 0.4) is 0 Å². The van der Waals surface area contributed by atoms with Crippen molar-refractivity contribution in [3.8, 4) is 0 Å². The van der Waals surface area contributed by atoms with Gasteiger partial charge in [-0.2, -0.15) is 4.31 Å². The van der Waals surface area contributed by atoms with Crippen LogP contribution in [0.4, 0.5) is 0 Å². The van der Waals surface area contributed by atoms with Crippen LogP contribution in [0.1, 0.15) is 29.8 Å². The number of rotatable bonds is 4. The van der Waals surface area contributed by atoms with Gasteiger partial charge < -0.3 is 5.11 Å². The Labute approximate surface area is 103 Å². The predicted molar refractivity (Wildman–Crippen MR) is 61.7 cm³/mol. The fourth-order valence-electron chi connectivity index (χ4n) is 1.64. The smallest absolute Gasteiger partial charge is 0.356 e. The van der Waals surface area contributed by atoms with Gasteiger partial charge in [-0.3, -0.25) is 0 Å². The van der Waals surface area contributed by atoms with Crippen LogP contribution in [-0.2, 0) is 10.0 Å². The van der Waals surface area contributed by atoms with Crippen LogP contribution in [0.5, 0.6) is 0 Å². The first-order valence-electron chi connectivity index (χ1n) is 5.09. The molecule has 0 unspecified atom stereocenters. The molecule has 0 bridgehead atoms. The second-order valence-corrected chi connectivity index (χ2v) is 6.95. The van der Waals surface area contributed by atoms with Crippen molar-refractivity contribution in [3.05, 3.63) is 11.2 Å². The van der Waals surface area contributed by atoms with Crippen LogP contribution in [-0.4, -0.2) is 41.9 Å². The molecule has 17 heavy (non-hydrogen) atoms. The lowest BCUT2D eigenvalue weighted by Crippen LogP contribution is -2.41. The highest BCUT2D eigenvalue weighted by Crippen LogP contribution is 2.31. The summed E-state index contributed by atoms with van der Waals surface area (Å²) in [4.78, 5) is 14.4. The van der Waals surface area contributed by atoms with E-state index in [1.165, 1.54) is 16.9 Å². The summed E-state index contributed by atoms with van der Waals surface area (Å²) in [5.41, 5.74) is 0.853. The topological polar surface area (TPSA) is 87.6 Å². The number of carboxylic acids is 1. The number of hydrogen-bond acceptors (Lipinski definition) is 5. The normalized spacial score (nSPS) is 17.1. The van der Waals surface area contributed by atoms with Gasteiger partial charge in [0.25, 0.3) is 10.0 Å². The van der Waals surface area contributed by atoms with Gasteiger partial charge in [0.15, 0.2) is 9.90 Å². The van der Waals surface area contributed by atoms with E-state index in [9.17, 15) is 13.2 Å². The van der Waals surface area contributed by atoms with Gasteiger partial charge in [0.2, 0.25) is 0 Å². The zero-order valence-electron chi connectivity index (χ0n) is 9.16. The van der Waals surface area contributed by atoms with E-state index in [0.717, 1.165) is 30.6 Å². The molecule has 0 amide bonds. The molecular formula is C9H12N2O4S2. The SMILES string of the molecule is CN(C1CCC1)S(=O)(=O)c1scnc1C(=O)O. The molecular weight excluding hydrogens is 264 g/mol. The average Bonchev–Trinajstić information content (AvgIpc) is 2.63. The van der Waals surface area contributed by atoms with E-state index >= 15 is 0 Å². The zero-order chi connectivity index (χ0) is 12.6. The highest BCUT2D eigenvalue weighted by Gasteiger charge is 2.35. The van der Waals surface area contributed by atoms with E-state index in [1.54, 1.807) is 0 Å². The van der Waals surface area contributed by atoms with Crippen molar-refractivity contribution in [1.82, 2.24) is 9.29 Å². The molecule has 1 aliphatic carbocycles. The maximum absolute atomic E-state index is 12.2. The molecule has 1 heterocycles. The van der Waals surface area contributed by atoms with Gasteiger partial charge in [0.05, 0.1) is 5.51 Å². The minimum atomic E-state index is -3.72. The third-order valence-corrected chi connectivity index (χ3v) is 6.20. The van der Waals surface area contributed by atoms with Crippen molar-refractivity contribution >= 4 is 27.3 Å². The van der Waals surface area contributed by atoms with Gasteiger partial charge in [-0.25, -0.2) is 18.2 Å². The largest absolute Gasteiger partial charge is 0.476 e. The third-order valence-electron chi connectivity index (χ3n) is 2.94. The van der Waals surface area contributed by atoms with E-state index < -0.39 is 16.0 Å². The van der Waals surface area contributed by atoms with Crippen LogP contribution in [0, 0.1) is 0 Å². The van der Waals surface area contributed by atoms with Crippen LogP contribution >= 0.6 is 11.3 Å². The molecule has 0 radical (unpaired) electrons. The Morgan fingerprint density at radius 1 is 1.59 bits per heavy atom. The molecule has 1 aliphatic rings. The number of thiazole rings is 1. The molecule has 0 aliphatic heterocycles. The minimum absolute atomic E-state index is 0.0104. The fraction of sp³-hybridized carbons (Fsp3) is 0.556. The Hall–Kier alpha value is -0.990. The quantitative estimate of drug-likeness (QED) is 0.887. The van der Waals surface area contributed by atoms with E-state index in [4.69, 9.17) is 5.11 Å². The van der Waals surface area contributed by atoms with Crippen molar-refractivity contribution in [2.24, 2.45) is 0 Å². The summed E-state index contributed by atoms with van der Waals surface area (Å²) >= 11 is 0.844. The molecule has 6 nitrogen and oxygen atoms in total. The van der Waals surface area contributed by atoms with Gasteiger partial charge in [0.1, 0.15) is 0 Å². The number of aromatic carboxylic acids is 1. The average molecular weight is 276 g/mol. The molecule has 0 spiro atoms. The lowest BCUT2D eigenvalue weighted by Gasteiger charge is -2.33. The number of nitrogens with zero attached hydrogens (tertiary/aromatic N) is 2. The van der Waals surface area contributed by atoms with E-state index in [0.29, 0.717) is 0 Å². The second-order valence-electron chi connectivity index (χ2n) is 3.90. The molecule has 1 aromatic rings. The summed E-state index contributed by atoms with van der Waals surface area (Å²) in [6.45, 7) is 0. The van der Waals surface area contributed by atoms with Gasteiger partial charge in [-0.05, 0) is 12.8 Å². The molecule has 1 aromatic heterocycles. The first kappa shape index (κ1) is 12.5. The highest BCUT2D eigenvalue weighted by atomic mass is 32.2.